The van der Waals surface area contributed by atoms with Crippen LogP contribution in [-0.2, 0) is 30.8 Å². The van der Waals surface area contributed by atoms with E-state index >= 15 is 0 Å². The number of nitrogens with one attached hydrogen (secondary N) is 2. The molecular formula is C19H22N2O6S. The first-order valence-corrected chi connectivity index (χ1v) is 9.91. The van der Waals surface area contributed by atoms with Gasteiger partial charge in [0, 0.05) is 6.42 Å². The molecule has 0 spiro atoms. The van der Waals surface area contributed by atoms with E-state index in [1.165, 1.54) is 31.4 Å². The SMILES string of the molecule is COC(=O)C(Cc1ccc(O)cc1)NC(=O)CNS(=O)(=O)c1ccc(C)cc1. The largest absolute Gasteiger partial charge is 0.508 e. The van der Waals surface area contributed by atoms with Crippen molar-refractivity contribution in [2.45, 2.75) is 24.3 Å². The molecule has 0 heterocycles. The monoisotopic (exact) mass is 406 g/mol. The summed E-state index contributed by atoms with van der Waals surface area (Å²) in [4.78, 5) is 24.2. The first-order valence-electron chi connectivity index (χ1n) is 8.42. The van der Waals surface area contributed by atoms with Gasteiger partial charge in [-0.05, 0) is 36.8 Å². The molecule has 28 heavy (non-hydrogen) atoms. The molecule has 8 nitrogen and oxygen atoms in total. The van der Waals surface area contributed by atoms with Crippen molar-refractivity contribution in [3.63, 3.8) is 0 Å². The molecule has 9 heteroatoms. The van der Waals surface area contributed by atoms with Gasteiger partial charge < -0.3 is 15.2 Å². The molecule has 0 aromatic heterocycles. The minimum Gasteiger partial charge on any atom is -0.508 e. The van der Waals surface area contributed by atoms with Crippen LogP contribution in [0.25, 0.3) is 0 Å². The molecule has 0 aliphatic rings. The van der Waals surface area contributed by atoms with Crippen molar-refractivity contribution in [3.8, 4) is 5.75 Å². The Balaban J connectivity index is 1.99. The summed E-state index contributed by atoms with van der Waals surface area (Å²) in [6.07, 6.45) is 0.128. The number of rotatable bonds is 8. The second kappa shape index (κ2) is 9.34. The number of phenolic OH excluding ortho intramolecular Hbond substituents is 1. The van der Waals surface area contributed by atoms with Crippen molar-refractivity contribution in [1.82, 2.24) is 10.0 Å². The quantitative estimate of drug-likeness (QED) is 0.560. The fourth-order valence-corrected chi connectivity index (χ4v) is 3.39. The number of aryl methyl sites for hydroxylation is 1. The van der Waals surface area contributed by atoms with Crippen LogP contribution in [0.15, 0.2) is 53.4 Å². The van der Waals surface area contributed by atoms with Crippen molar-refractivity contribution >= 4 is 21.9 Å². The summed E-state index contributed by atoms with van der Waals surface area (Å²) in [5, 5.41) is 11.8. The van der Waals surface area contributed by atoms with E-state index in [1.807, 2.05) is 6.92 Å². The minimum atomic E-state index is -3.85. The summed E-state index contributed by atoms with van der Waals surface area (Å²) >= 11 is 0. The highest BCUT2D eigenvalue weighted by Gasteiger charge is 2.23. The summed E-state index contributed by atoms with van der Waals surface area (Å²) in [7, 11) is -2.66. The number of hydrogen-bond donors (Lipinski definition) is 3. The highest BCUT2D eigenvalue weighted by Crippen LogP contribution is 2.12. The van der Waals surface area contributed by atoms with E-state index in [1.54, 1.807) is 24.3 Å². The third-order valence-electron chi connectivity index (χ3n) is 3.95. The third kappa shape index (κ3) is 6.07. The topological polar surface area (TPSA) is 122 Å². The summed E-state index contributed by atoms with van der Waals surface area (Å²) in [5.41, 5.74) is 1.60. The zero-order chi connectivity index (χ0) is 20.7. The van der Waals surface area contributed by atoms with E-state index in [-0.39, 0.29) is 17.1 Å². The van der Waals surface area contributed by atoms with E-state index in [2.05, 4.69) is 10.0 Å². The smallest absolute Gasteiger partial charge is 0.328 e. The molecule has 0 bridgehead atoms. The van der Waals surface area contributed by atoms with Gasteiger partial charge >= 0.3 is 5.97 Å². The molecule has 1 unspecified atom stereocenters. The van der Waals surface area contributed by atoms with Gasteiger partial charge in [0.1, 0.15) is 11.8 Å². The van der Waals surface area contributed by atoms with Crippen LogP contribution >= 0.6 is 0 Å². The first-order chi connectivity index (χ1) is 13.2. The number of aromatic hydroxyl groups is 1. The summed E-state index contributed by atoms with van der Waals surface area (Å²) in [5.74, 6) is -1.26. The number of carbonyl (C=O) groups excluding carboxylic acids is 2. The lowest BCUT2D eigenvalue weighted by atomic mass is 10.1. The molecule has 0 saturated heterocycles. The van der Waals surface area contributed by atoms with Crippen LogP contribution in [0.2, 0.25) is 0 Å². The molecule has 2 aromatic carbocycles. The maximum absolute atomic E-state index is 12.2. The Morgan fingerprint density at radius 3 is 2.25 bits per heavy atom. The van der Waals surface area contributed by atoms with Gasteiger partial charge in [-0.25, -0.2) is 17.9 Å². The van der Waals surface area contributed by atoms with Crippen LogP contribution < -0.4 is 10.0 Å². The highest BCUT2D eigenvalue weighted by atomic mass is 32.2. The molecule has 2 aromatic rings. The van der Waals surface area contributed by atoms with Gasteiger partial charge in [0.15, 0.2) is 0 Å². The van der Waals surface area contributed by atoms with Crippen molar-refractivity contribution in [1.29, 1.82) is 0 Å². The van der Waals surface area contributed by atoms with Crippen molar-refractivity contribution in [2.75, 3.05) is 13.7 Å². The number of phenols is 1. The second-order valence-corrected chi connectivity index (χ2v) is 7.92. The van der Waals surface area contributed by atoms with Gasteiger partial charge in [0.2, 0.25) is 15.9 Å². The lowest BCUT2D eigenvalue weighted by Gasteiger charge is -2.17. The van der Waals surface area contributed by atoms with Gasteiger partial charge in [0.25, 0.3) is 0 Å². The lowest BCUT2D eigenvalue weighted by molar-refractivity contribution is -0.144. The molecule has 0 fully saturated rings. The van der Waals surface area contributed by atoms with Gasteiger partial charge in [-0.15, -0.1) is 0 Å². The molecule has 150 valence electrons. The standard InChI is InChI=1S/C19H22N2O6S/c1-13-3-9-16(10-4-13)28(25,26)20-12-18(23)21-17(19(24)27-2)11-14-5-7-15(22)8-6-14/h3-10,17,20,22H,11-12H2,1-2H3,(H,21,23). The van der Waals surface area contributed by atoms with Gasteiger partial charge in [-0.2, -0.15) is 0 Å². The molecule has 3 N–H and O–H groups in total. The minimum absolute atomic E-state index is 0.0412. The van der Waals surface area contributed by atoms with Crippen LogP contribution in [0.5, 0.6) is 5.75 Å². The Hall–Kier alpha value is -2.91. The number of sulfonamides is 1. The molecular weight excluding hydrogens is 384 g/mol. The maximum Gasteiger partial charge on any atom is 0.328 e. The lowest BCUT2D eigenvalue weighted by Crippen LogP contribution is -2.47. The van der Waals surface area contributed by atoms with Crippen molar-refractivity contribution in [2.24, 2.45) is 0 Å². The molecule has 2 rings (SSSR count). The van der Waals surface area contributed by atoms with E-state index in [0.29, 0.717) is 5.56 Å². The Bertz CT molecular complexity index is 924. The Morgan fingerprint density at radius 2 is 1.68 bits per heavy atom. The molecule has 0 saturated carbocycles. The van der Waals surface area contributed by atoms with Crippen LogP contribution in [-0.4, -0.2) is 45.1 Å². The molecule has 0 aliphatic carbocycles. The zero-order valence-corrected chi connectivity index (χ0v) is 16.3. The Kier molecular flexibility index (Phi) is 7.13. The van der Waals surface area contributed by atoms with Gasteiger partial charge in [-0.1, -0.05) is 29.8 Å². The van der Waals surface area contributed by atoms with Crippen LogP contribution in [0.3, 0.4) is 0 Å². The number of carbonyl (C=O) groups is 2. The third-order valence-corrected chi connectivity index (χ3v) is 5.37. The van der Waals surface area contributed by atoms with Crippen molar-refractivity contribution in [3.05, 3.63) is 59.7 Å². The zero-order valence-electron chi connectivity index (χ0n) is 15.5. The number of ether oxygens (including phenoxy) is 1. The predicted molar refractivity (Wildman–Crippen MR) is 102 cm³/mol. The van der Waals surface area contributed by atoms with E-state index in [4.69, 9.17) is 4.74 Å². The number of esters is 1. The second-order valence-electron chi connectivity index (χ2n) is 6.15. The predicted octanol–water partition coefficient (Wildman–Crippen LogP) is 0.879. The van der Waals surface area contributed by atoms with Gasteiger partial charge in [-0.3, -0.25) is 4.79 Å². The Labute approximate surface area is 163 Å². The van der Waals surface area contributed by atoms with E-state index in [0.717, 1.165) is 5.56 Å². The molecule has 0 aliphatic heterocycles. The van der Waals surface area contributed by atoms with Crippen LogP contribution in [0.1, 0.15) is 11.1 Å². The van der Waals surface area contributed by atoms with Gasteiger partial charge in [0.05, 0.1) is 18.6 Å². The highest BCUT2D eigenvalue weighted by molar-refractivity contribution is 7.89. The summed E-state index contributed by atoms with van der Waals surface area (Å²) in [6, 6.07) is 11.3. The van der Waals surface area contributed by atoms with Crippen LogP contribution in [0.4, 0.5) is 0 Å². The molecule has 0 radical (unpaired) electrons. The summed E-state index contributed by atoms with van der Waals surface area (Å²) < 4.78 is 31.4. The normalized spacial score (nSPS) is 12.2. The number of methoxy groups -OCH3 is 1. The first kappa shape index (κ1) is 21.4. The van der Waals surface area contributed by atoms with Crippen LogP contribution in [0, 0.1) is 6.92 Å². The number of hydrogen-bond acceptors (Lipinski definition) is 6. The van der Waals surface area contributed by atoms with E-state index in [9.17, 15) is 23.1 Å². The average molecular weight is 406 g/mol. The summed E-state index contributed by atoms with van der Waals surface area (Å²) in [6.45, 7) is 1.30. The van der Waals surface area contributed by atoms with Crippen molar-refractivity contribution < 1.29 is 27.9 Å². The molecule has 1 amide bonds. The average Bonchev–Trinajstić information content (AvgIpc) is 2.67. The number of amides is 1. The fraction of sp³-hybridized carbons (Fsp3) is 0.263. The van der Waals surface area contributed by atoms with E-state index < -0.39 is 34.5 Å². The number of benzene rings is 2. The maximum atomic E-state index is 12.2. The molecule has 1 atom stereocenters. The Morgan fingerprint density at radius 1 is 1.07 bits per heavy atom. The fourth-order valence-electron chi connectivity index (χ4n) is 2.41.